The molecule has 0 bridgehead atoms. The summed E-state index contributed by atoms with van der Waals surface area (Å²) in [5, 5.41) is 10.8. The molecule has 1 amide bonds. The lowest BCUT2D eigenvalue weighted by molar-refractivity contribution is 0.102. The Morgan fingerprint density at radius 3 is 2.40 bits per heavy atom. The summed E-state index contributed by atoms with van der Waals surface area (Å²) in [4.78, 5) is 29.0. The van der Waals surface area contributed by atoms with Crippen molar-refractivity contribution >= 4 is 23.2 Å². The smallest absolute Gasteiger partial charge is 0.255 e. The second-order valence-corrected chi connectivity index (χ2v) is 10.9. The molecule has 0 saturated carbocycles. The van der Waals surface area contributed by atoms with Gasteiger partial charge in [-0.25, -0.2) is 9.97 Å². The quantitative estimate of drug-likeness (QED) is 0.251. The topological polar surface area (TPSA) is 101 Å². The van der Waals surface area contributed by atoms with E-state index in [4.69, 9.17) is 4.98 Å². The van der Waals surface area contributed by atoms with Gasteiger partial charge < -0.3 is 15.5 Å². The van der Waals surface area contributed by atoms with E-state index >= 15 is 0 Å². The molecular weight excluding hydrogens is 524 g/mol. The third kappa shape index (κ3) is 6.21. The highest BCUT2D eigenvalue weighted by Gasteiger charge is 2.19. The number of likely N-dealkylation sites (tertiary alicyclic amines) is 1. The molecule has 9 nitrogen and oxygen atoms in total. The van der Waals surface area contributed by atoms with Crippen LogP contribution in [0.25, 0.3) is 22.5 Å². The normalized spacial score (nSPS) is 14.1. The summed E-state index contributed by atoms with van der Waals surface area (Å²) in [5.41, 5.74) is 7.81. The van der Waals surface area contributed by atoms with E-state index in [0.29, 0.717) is 23.1 Å². The van der Waals surface area contributed by atoms with Crippen molar-refractivity contribution in [2.24, 2.45) is 7.05 Å². The lowest BCUT2D eigenvalue weighted by Crippen LogP contribution is -2.29. The first-order valence-corrected chi connectivity index (χ1v) is 14.2. The van der Waals surface area contributed by atoms with Gasteiger partial charge >= 0.3 is 0 Å². The largest absolute Gasteiger partial charge is 0.324 e. The fourth-order valence-electron chi connectivity index (χ4n) is 5.28. The molecule has 0 unspecified atom stereocenters. The van der Waals surface area contributed by atoms with Gasteiger partial charge in [0.05, 0.1) is 11.4 Å². The zero-order valence-corrected chi connectivity index (χ0v) is 24.1. The molecule has 1 aliphatic rings. The van der Waals surface area contributed by atoms with Gasteiger partial charge in [0.1, 0.15) is 0 Å². The van der Waals surface area contributed by atoms with Crippen LogP contribution < -0.4 is 10.6 Å². The molecule has 3 aromatic heterocycles. The van der Waals surface area contributed by atoms with Gasteiger partial charge in [-0.05, 0) is 99.4 Å². The van der Waals surface area contributed by atoms with Crippen LogP contribution in [0.2, 0.25) is 0 Å². The molecule has 0 radical (unpaired) electrons. The van der Waals surface area contributed by atoms with Crippen molar-refractivity contribution < 1.29 is 4.79 Å². The maximum atomic E-state index is 13.1. The van der Waals surface area contributed by atoms with E-state index < -0.39 is 0 Å². The number of carbonyl (C=O) groups is 1. The minimum Gasteiger partial charge on any atom is -0.324 e. The Hall–Kier alpha value is -4.89. The number of piperidine rings is 1. The predicted molar refractivity (Wildman–Crippen MR) is 166 cm³/mol. The predicted octanol–water partition coefficient (Wildman–Crippen LogP) is 6.05. The third-order valence-corrected chi connectivity index (χ3v) is 7.80. The fourth-order valence-corrected chi connectivity index (χ4v) is 5.28. The van der Waals surface area contributed by atoms with Gasteiger partial charge in [-0.2, -0.15) is 5.10 Å². The van der Waals surface area contributed by atoms with Crippen LogP contribution in [0.4, 0.5) is 17.3 Å². The van der Waals surface area contributed by atoms with E-state index in [9.17, 15) is 4.79 Å². The Balaban J connectivity index is 1.15. The number of nitrogens with one attached hydrogen (secondary N) is 2. The van der Waals surface area contributed by atoms with Gasteiger partial charge in [0.2, 0.25) is 5.95 Å². The summed E-state index contributed by atoms with van der Waals surface area (Å²) < 4.78 is 1.76. The summed E-state index contributed by atoms with van der Waals surface area (Å²) in [5.74, 6) is 0.871. The number of anilines is 3. The molecule has 0 spiro atoms. The molecule has 0 aliphatic carbocycles. The van der Waals surface area contributed by atoms with Crippen molar-refractivity contribution in [3.8, 4) is 22.5 Å². The van der Waals surface area contributed by atoms with Gasteiger partial charge in [-0.15, -0.1) is 0 Å². The Morgan fingerprint density at radius 2 is 1.67 bits per heavy atom. The number of pyridine rings is 1. The second kappa shape index (κ2) is 11.9. The van der Waals surface area contributed by atoms with Crippen LogP contribution in [0.15, 0.2) is 85.5 Å². The summed E-state index contributed by atoms with van der Waals surface area (Å²) in [6.45, 7) is 4.23. The highest BCUT2D eigenvalue weighted by molar-refractivity contribution is 6.04. The maximum Gasteiger partial charge on any atom is 0.255 e. The molecular formula is C33H34N8O. The van der Waals surface area contributed by atoms with Crippen molar-refractivity contribution in [1.82, 2.24) is 29.6 Å². The molecule has 6 rings (SSSR count). The van der Waals surface area contributed by atoms with Crippen molar-refractivity contribution in [2.75, 3.05) is 30.8 Å². The van der Waals surface area contributed by atoms with Crippen LogP contribution in [0.1, 0.15) is 40.2 Å². The average Bonchev–Trinajstić information content (AvgIpc) is 3.46. The van der Waals surface area contributed by atoms with E-state index in [1.54, 1.807) is 23.3 Å². The molecule has 212 valence electrons. The first kappa shape index (κ1) is 27.3. The van der Waals surface area contributed by atoms with E-state index in [-0.39, 0.29) is 5.91 Å². The van der Waals surface area contributed by atoms with Gasteiger partial charge in [-0.3, -0.25) is 14.5 Å². The summed E-state index contributed by atoms with van der Waals surface area (Å²) in [6.07, 6.45) is 9.50. The molecule has 1 saturated heterocycles. The number of amides is 1. The van der Waals surface area contributed by atoms with E-state index in [1.807, 2.05) is 68.7 Å². The molecule has 5 aromatic rings. The molecule has 2 N–H and O–H groups in total. The van der Waals surface area contributed by atoms with Crippen LogP contribution in [-0.4, -0.2) is 55.7 Å². The number of hydrogen-bond acceptors (Lipinski definition) is 7. The highest BCUT2D eigenvalue weighted by atomic mass is 16.1. The zero-order chi connectivity index (χ0) is 29.1. The summed E-state index contributed by atoms with van der Waals surface area (Å²) in [6, 6.07) is 19.6. The van der Waals surface area contributed by atoms with Crippen LogP contribution in [0, 0.1) is 6.92 Å². The van der Waals surface area contributed by atoms with Crippen molar-refractivity contribution in [2.45, 2.75) is 25.7 Å². The van der Waals surface area contributed by atoms with Crippen LogP contribution in [0.5, 0.6) is 0 Å². The Kier molecular flexibility index (Phi) is 7.74. The third-order valence-electron chi connectivity index (χ3n) is 7.80. The average molecular weight is 559 g/mol. The monoisotopic (exact) mass is 558 g/mol. The molecule has 9 heteroatoms. The van der Waals surface area contributed by atoms with Gasteiger partial charge in [-0.1, -0.05) is 18.2 Å². The first-order chi connectivity index (χ1) is 20.4. The minimum absolute atomic E-state index is 0.140. The number of aryl methyl sites for hydroxylation is 2. The number of rotatable bonds is 7. The van der Waals surface area contributed by atoms with Crippen molar-refractivity contribution in [1.29, 1.82) is 0 Å². The number of nitrogens with zero attached hydrogens (tertiary/aromatic N) is 6. The Labute approximate surface area is 245 Å². The maximum absolute atomic E-state index is 13.1. The van der Waals surface area contributed by atoms with Gasteiger partial charge in [0, 0.05) is 59.9 Å². The standard InChI is InChI=1S/C33H34N8O/c1-22-4-9-28(36-32(42)25-7-5-23(6-8-25)24-11-15-40(2)16-12-24)19-31(22)38-33-35-14-10-29(37-33)26-18-27(21-34-20-26)30-13-17-41(3)39-30/h4-10,13-14,17-21,24H,11-12,15-16H2,1-3H3,(H,36,42)(H,35,37,38). The van der Waals surface area contributed by atoms with E-state index in [0.717, 1.165) is 59.7 Å². The number of benzene rings is 2. The number of carbonyl (C=O) groups excluding carboxylic acids is 1. The molecule has 42 heavy (non-hydrogen) atoms. The molecule has 4 heterocycles. The zero-order valence-electron chi connectivity index (χ0n) is 24.1. The molecule has 0 atom stereocenters. The van der Waals surface area contributed by atoms with Crippen LogP contribution in [-0.2, 0) is 7.05 Å². The number of aromatic nitrogens is 5. The number of hydrogen-bond donors (Lipinski definition) is 2. The summed E-state index contributed by atoms with van der Waals surface area (Å²) >= 11 is 0. The van der Waals surface area contributed by atoms with Crippen LogP contribution >= 0.6 is 0 Å². The lowest BCUT2D eigenvalue weighted by atomic mass is 9.89. The van der Waals surface area contributed by atoms with E-state index in [2.05, 4.69) is 49.8 Å². The van der Waals surface area contributed by atoms with Crippen LogP contribution in [0.3, 0.4) is 0 Å². The second-order valence-electron chi connectivity index (χ2n) is 10.9. The Morgan fingerprint density at radius 1 is 0.905 bits per heavy atom. The SMILES string of the molecule is Cc1ccc(NC(=O)c2ccc(C3CCN(C)CC3)cc2)cc1Nc1nccc(-c2cncc(-c3ccn(C)n3)c2)n1. The Bertz CT molecular complexity index is 1700. The molecule has 1 fully saturated rings. The van der Waals surface area contributed by atoms with Gasteiger partial charge in [0.15, 0.2) is 0 Å². The first-order valence-electron chi connectivity index (χ1n) is 14.2. The van der Waals surface area contributed by atoms with Crippen molar-refractivity contribution in [3.63, 3.8) is 0 Å². The van der Waals surface area contributed by atoms with Gasteiger partial charge in [0.25, 0.3) is 5.91 Å². The minimum atomic E-state index is -0.140. The summed E-state index contributed by atoms with van der Waals surface area (Å²) in [7, 11) is 4.06. The van der Waals surface area contributed by atoms with Crippen molar-refractivity contribution in [3.05, 3.63) is 102 Å². The molecule has 1 aliphatic heterocycles. The lowest BCUT2D eigenvalue weighted by Gasteiger charge is -2.29. The fraction of sp³-hybridized carbons (Fsp3) is 0.242. The highest BCUT2D eigenvalue weighted by Crippen LogP contribution is 2.29. The van der Waals surface area contributed by atoms with E-state index in [1.165, 1.54) is 5.56 Å². The molecule has 2 aromatic carbocycles.